The maximum absolute atomic E-state index is 10.7. The number of carboxylic acid groups (broad SMARTS) is 1. The number of hydrogen-bond donors (Lipinski definition) is 1. The molecule has 0 aromatic heterocycles. The highest BCUT2D eigenvalue weighted by Crippen LogP contribution is 2.42. The van der Waals surface area contributed by atoms with Crippen LogP contribution in [-0.4, -0.2) is 25.3 Å². The highest BCUT2D eigenvalue weighted by Gasteiger charge is 2.24. The molecule has 1 atom stereocenters. The van der Waals surface area contributed by atoms with Crippen molar-refractivity contribution in [2.45, 2.75) is 25.2 Å². The number of benzene rings is 1. The molecule has 2 rings (SSSR count). The molecule has 1 N–H and O–H groups in total. The summed E-state index contributed by atoms with van der Waals surface area (Å²) in [5.41, 5.74) is 2.12. The Bertz CT molecular complexity index is 505. The van der Waals surface area contributed by atoms with Crippen molar-refractivity contribution in [2.75, 3.05) is 14.2 Å². The molecule has 0 bridgehead atoms. The molecule has 1 aromatic rings. The number of carboxylic acids is 1. The van der Waals surface area contributed by atoms with Gasteiger partial charge >= 0.3 is 5.97 Å². The van der Waals surface area contributed by atoms with Crippen LogP contribution in [0.2, 0.25) is 0 Å². The van der Waals surface area contributed by atoms with E-state index in [0.717, 1.165) is 41.9 Å². The molecule has 0 aliphatic heterocycles. The minimum atomic E-state index is -0.864. The van der Waals surface area contributed by atoms with E-state index in [-0.39, 0.29) is 0 Å². The molecule has 102 valence electrons. The van der Waals surface area contributed by atoms with E-state index in [4.69, 9.17) is 14.6 Å². The maximum Gasteiger partial charge on any atom is 0.328 e. The molecule has 1 aliphatic rings. The van der Waals surface area contributed by atoms with Crippen LogP contribution in [0.5, 0.6) is 11.5 Å². The first-order valence-corrected chi connectivity index (χ1v) is 6.28. The van der Waals surface area contributed by atoms with Gasteiger partial charge in [0, 0.05) is 12.1 Å². The Balaban J connectivity index is 2.21. The molecule has 0 heterocycles. The standard InChI is InChI=1S/C15H18O4/c1-18-12-5-6-13(14(9-12)19-2)11-4-3-10(7-11)8-15(16)17/h5-6,8-9,11H,3-4,7H2,1-2H3,(H,16,17)/b10-8+. The normalized spacial score (nSPS) is 20.5. The molecule has 0 radical (unpaired) electrons. The highest BCUT2D eigenvalue weighted by atomic mass is 16.5. The van der Waals surface area contributed by atoms with Gasteiger partial charge in [-0.2, -0.15) is 0 Å². The molecule has 4 heteroatoms. The van der Waals surface area contributed by atoms with Gasteiger partial charge in [0.1, 0.15) is 11.5 Å². The third-order valence-corrected chi connectivity index (χ3v) is 3.53. The monoisotopic (exact) mass is 262 g/mol. The third kappa shape index (κ3) is 3.08. The fourth-order valence-corrected chi connectivity index (χ4v) is 2.61. The van der Waals surface area contributed by atoms with E-state index >= 15 is 0 Å². The van der Waals surface area contributed by atoms with Crippen LogP contribution in [0, 0.1) is 0 Å². The Hall–Kier alpha value is -1.97. The van der Waals surface area contributed by atoms with Crippen molar-refractivity contribution in [3.05, 3.63) is 35.4 Å². The molecule has 19 heavy (non-hydrogen) atoms. The van der Waals surface area contributed by atoms with Crippen LogP contribution in [0.15, 0.2) is 29.8 Å². The molecule has 1 aromatic carbocycles. The van der Waals surface area contributed by atoms with E-state index in [1.165, 1.54) is 6.08 Å². The summed E-state index contributed by atoms with van der Waals surface area (Å²) in [5, 5.41) is 8.78. The average Bonchev–Trinajstić information content (AvgIpc) is 2.85. The van der Waals surface area contributed by atoms with Crippen molar-refractivity contribution >= 4 is 5.97 Å². The summed E-state index contributed by atoms with van der Waals surface area (Å²) in [6.45, 7) is 0. The Kier molecular flexibility index (Phi) is 4.10. The minimum absolute atomic E-state index is 0.325. The van der Waals surface area contributed by atoms with E-state index in [0.29, 0.717) is 5.92 Å². The van der Waals surface area contributed by atoms with Gasteiger partial charge in [-0.3, -0.25) is 0 Å². The second kappa shape index (κ2) is 5.78. The number of hydrogen-bond acceptors (Lipinski definition) is 3. The van der Waals surface area contributed by atoms with Gasteiger partial charge in [0.05, 0.1) is 14.2 Å². The van der Waals surface area contributed by atoms with Crippen LogP contribution in [0.25, 0.3) is 0 Å². The smallest absolute Gasteiger partial charge is 0.328 e. The first kappa shape index (κ1) is 13.5. The zero-order chi connectivity index (χ0) is 13.8. The van der Waals surface area contributed by atoms with Crippen molar-refractivity contribution in [3.8, 4) is 11.5 Å². The Morgan fingerprint density at radius 2 is 2.16 bits per heavy atom. The van der Waals surface area contributed by atoms with Crippen LogP contribution in [0.3, 0.4) is 0 Å². The summed E-state index contributed by atoms with van der Waals surface area (Å²) in [6.07, 6.45) is 3.92. The number of methoxy groups -OCH3 is 2. The van der Waals surface area contributed by atoms with Crippen LogP contribution >= 0.6 is 0 Å². The SMILES string of the molecule is COc1ccc(C2CC/C(=C\C(=O)O)C2)c(OC)c1. The van der Waals surface area contributed by atoms with Crippen molar-refractivity contribution in [1.29, 1.82) is 0 Å². The number of carbonyl (C=O) groups is 1. The van der Waals surface area contributed by atoms with Crippen LogP contribution < -0.4 is 9.47 Å². The van der Waals surface area contributed by atoms with E-state index in [1.807, 2.05) is 18.2 Å². The molecule has 0 amide bonds. The fraction of sp³-hybridized carbons (Fsp3) is 0.400. The molecular weight excluding hydrogens is 244 g/mol. The van der Waals surface area contributed by atoms with Crippen molar-refractivity contribution < 1.29 is 19.4 Å². The van der Waals surface area contributed by atoms with Gasteiger partial charge < -0.3 is 14.6 Å². The molecule has 0 saturated heterocycles. The van der Waals surface area contributed by atoms with E-state index in [9.17, 15) is 4.79 Å². The lowest BCUT2D eigenvalue weighted by Crippen LogP contribution is -1.98. The van der Waals surface area contributed by atoms with Gasteiger partial charge in [-0.05, 0) is 36.8 Å². The second-order valence-electron chi connectivity index (χ2n) is 4.69. The Labute approximate surface area is 112 Å². The van der Waals surface area contributed by atoms with Gasteiger partial charge in [-0.1, -0.05) is 11.6 Å². The lowest BCUT2D eigenvalue weighted by molar-refractivity contribution is -0.131. The highest BCUT2D eigenvalue weighted by molar-refractivity contribution is 5.80. The average molecular weight is 262 g/mol. The Morgan fingerprint density at radius 3 is 2.79 bits per heavy atom. The molecule has 1 saturated carbocycles. The molecule has 1 unspecified atom stereocenters. The number of rotatable bonds is 4. The molecule has 4 nitrogen and oxygen atoms in total. The number of allylic oxidation sites excluding steroid dienone is 1. The largest absolute Gasteiger partial charge is 0.497 e. The third-order valence-electron chi connectivity index (χ3n) is 3.53. The summed E-state index contributed by atoms with van der Waals surface area (Å²) in [6, 6.07) is 5.79. The molecular formula is C15H18O4. The zero-order valence-corrected chi connectivity index (χ0v) is 11.2. The topological polar surface area (TPSA) is 55.8 Å². The summed E-state index contributed by atoms with van der Waals surface area (Å²) < 4.78 is 10.6. The van der Waals surface area contributed by atoms with Crippen LogP contribution in [-0.2, 0) is 4.79 Å². The van der Waals surface area contributed by atoms with E-state index in [2.05, 4.69) is 0 Å². The first-order valence-electron chi connectivity index (χ1n) is 6.28. The van der Waals surface area contributed by atoms with E-state index in [1.54, 1.807) is 14.2 Å². The lowest BCUT2D eigenvalue weighted by atomic mass is 9.96. The molecule has 1 aliphatic carbocycles. The van der Waals surface area contributed by atoms with Crippen molar-refractivity contribution in [1.82, 2.24) is 0 Å². The van der Waals surface area contributed by atoms with Crippen LogP contribution in [0.4, 0.5) is 0 Å². The minimum Gasteiger partial charge on any atom is -0.497 e. The number of ether oxygens (including phenoxy) is 2. The predicted molar refractivity (Wildman–Crippen MR) is 71.9 cm³/mol. The van der Waals surface area contributed by atoms with Gasteiger partial charge in [0.2, 0.25) is 0 Å². The van der Waals surface area contributed by atoms with Crippen molar-refractivity contribution in [3.63, 3.8) is 0 Å². The van der Waals surface area contributed by atoms with Crippen molar-refractivity contribution in [2.24, 2.45) is 0 Å². The summed E-state index contributed by atoms with van der Waals surface area (Å²) in [5.74, 6) is 1.03. The lowest BCUT2D eigenvalue weighted by Gasteiger charge is -2.15. The first-order chi connectivity index (χ1) is 9.13. The second-order valence-corrected chi connectivity index (χ2v) is 4.69. The van der Waals surface area contributed by atoms with Gasteiger partial charge in [-0.25, -0.2) is 4.79 Å². The number of aliphatic carboxylic acids is 1. The fourth-order valence-electron chi connectivity index (χ4n) is 2.61. The van der Waals surface area contributed by atoms with Gasteiger partial charge in [-0.15, -0.1) is 0 Å². The van der Waals surface area contributed by atoms with Crippen LogP contribution in [0.1, 0.15) is 30.7 Å². The summed E-state index contributed by atoms with van der Waals surface area (Å²) >= 11 is 0. The summed E-state index contributed by atoms with van der Waals surface area (Å²) in [7, 11) is 3.26. The molecule has 0 spiro atoms. The van der Waals surface area contributed by atoms with Gasteiger partial charge in [0.25, 0.3) is 0 Å². The predicted octanol–water partition coefficient (Wildman–Crippen LogP) is 2.98. The molecule has 1 fully saturated rings. The zero-order valence-electron chi connectivity index (χ0n) is 11.2. The summed E-state index contributed by atoms with van der Waals surface area (Å²) in [4.78, 5) is 10.7. The van der Waals surface area contributed by atoms with E-state index < -0.39 is 5.97 Å². The Morgan fingerprint density at radius 1 is 1.37 bits per heavy atom. The quantitative estimate of drug-likeness (QED) is 0.847. The van der Waals surface area contributed by atoms with Gasteiger partial charge in [0.15, 0.2) is 0 Å². The maximum atomic E-state index is 10.7.